The average molecular weight is 240 g/mol. The Morgan fingerprint density at radius 1 is 1.39 bits per heavy atom. The van der Waals surface area contributed by atoms with Crippen molar-refractivity contribution in [3.05, 3.63) is 47.8 Å². The summed E-state index contributed by atoms with van der Waals surface area (Å²) in [7, 11) is 0. The number of carboxylic acids is 1. The Labute approximate surface area is 102 Å². The van der Waals surface area contributed by atoms with E-state index in [-0.39, 0.29) is 5.57 Å². The van der Waals surface area contributed by atoms with E-state index in [1.165, 1.54) is 17.1 Å². The highest BCUT2D eigenvalue weighted by atomic mass is 16.4. The number of carbonyl (C=O) groups is 1. The zero-order chi connectivity index (χ0) is 13.0. The van der Waals surface area contributed by atoms with E-state index in [1.807, 2.05) is 30.3 Å². The summed E-state index contributed by atoms with van der Waals surface area (Å²) in [5.74, 6) is -1.29. The topological polar surface area (TPSA) is 91.8 Å². The molecule has 0 atom stereocenters. The molecule has 0 spiro atoms. The number of nitrogens with zero attached hydrogens (tertiary/aromatic N) is 4. The van der Waals surface area contributed by atoms with Crippen LogP contribution in [-0.2, 0) is 4.79 Å². The van der Waals surface area contributed by atoms with Crippen LogP contribution < -0.4 is 0 Å². The Kier molecular flexibility index (Phi) is 3.16. The number of carboxylic acid groups (broad SMARTS) is 1. The fraction of sp³-hybridized carbons (Fsp3) is 0. The first kappa shape index (κ1) is 11.5. The predicted molar refractivity (Wildman–Crippen MR) is 62.6 cm³/mol. The lowest BCUT2D eigenvalue weighted by atomic mass is 10.2. The molecule has 2 rings (SSSR count). The second-order valence-corrected chi connectivity index (χ2v) is 3.37. The van der Waals surface area contributed by atoms with Crippen molar-refractivity contribution in [2.75, 3.05) is 0 Å². The fourth-order valence-electron chi connectivity index (χ4n) is 1.32. The van der Waals surface area contributed by atoms with Gasteiger partial charge in [-0.1, -0.05) is 18.2 Å². The minimum atomic E-state index is -1.29. The highest BCUT2D eigenvalue weighted by Gasteiger charge is 2.08. The SMILES string of the molecule is N#C/C(=C\c1cnn(-c2ccccc2)n1)C(=O)O. The van der Waals surface area contributed by atoms with E-state index in [1.54, 1.807) is 6.07 Å². The molecular formula is C12H8N4O2. The summed E-state index contributed by atoms with van der Waals surface area (Å²) in [5, 5.41) is 25.4. The van der Waals surface area contributed by atoms with Gasteiger partial charge in [0.05, 0.1) is 11.9 Å². The van der Waals surface area contributed by atoms with Gasteiger partial charge in [0.25, 0.3) is 0 Å². The number of nitriles is 1. The number of rotatable bonds is 3. The zero-order valence-corrected chi connectivity index (χ0v) is 9.19. The molecule has 1 aromatic carbocycles. The van der Waals surface area contributed by atoms with Gasteiger partial charge in [-0.25, -0.2) is 4.79 Å². The maximum Gasteiger partial charge on any atom is 0.346 e. The Morgan fingerprint density at radius 2 is 2.11 bits per heavy atom. The molecule has 0 aliphatic rings. The molecule has 6 nitrogen and oxygen atoms in total. The van der Waals surface area contributed by atoms with Gasteiger partial charge in [0.2, 0.25) is 0 Å². The Morgan fingerprint density at radius 3 is 2.72 bits per heavy atom. The highest BCUT2D eigenvalue weighted by molar-refractivity contribution is 5.96. The van der Waals surface area contributed by atoms with Crippen LogP contribution in [0, 0.1) is 11.3 Å². The van der Waals surface area contributed by atoms with Crippen molar-refractivity contribution in [2.24, 2.45) is 0 Å². The maximum atomic E-state index is 10.7. The summed E-state index contributed by atoms with van der Waals surface area (Å²) >= 11 is 0. The maximum absolute atomic E-state index is 10.7. The number of para-hydroxylation sites is 1. The number of aliphatic carboxylic acids is 1. The van der Waals surface area contributed by atoms with Gasteiger partial charge < -0.3 is 5.11 Å². The van der Waals surface area contributed by atoms with Crippen molar-refractivity contribution in [2.45, 2.75) is 0 Å². The summed E-state index contributed by atoms with van der Waals surface area (Å²) in [5.41, 5.74) is 0.693. The normalized spacial score (nSPS) is 10.9. The van der Waals surface area contributed by atoms with Crippen molar-refractivity contribution in [3.8, 4) is 11.8 Å². The van der Waals surface area contributed by atoms with E-state index in [9.17, 15) is 4.79 Å². The second-order valence-electron chi connectivity index (χ2n) is 3.37. The van der Waals surface area contributed by atoms with Crippen LogP contribution in [0.2, 0.25) is 0 Å². The lowest BCUT2D eigenvalue weighted by molar-refractivity contribution is -0.132. The molecule has 0 saturated carbocycles. The molecular weight excluding hydrogens is 232 g/mol. The van der Waals surface area contributed by atoms with E-state index in [4.69, 9.17) is 10.4 Å². The van der Waals surface area contributed by atoms with Gasteiger partial charge in [-0.15, -0.1) is 5.10 Å². The molecule has 0 aliphatic heterocycles. The van der Waals surface area contributed by atoms with Gasteiger partial charge in [0.1, 0.15) is 17.3 Å². The minimum Gasteiger partial charge on any atom is -0.477 e. The summed E-state index contributed by atoms with van der Waals surface area (Å²) in [4.78, 5) is 12.0. The van der Waals surface area contributed by atoms with Gasteiger partial charge in [-0.3, -0.25) is 0 Å². The van der Waals surface area contributed by atoms with E-state index >= 15 is 0 Å². The number of hydrogen-bond acceptors (Lipinski definition) is 4. The van der Waals surface area contributed by atoms with Gasteiger partial charge in [-0.2, -0.15) is 15.2 Å². The molecule has 0 fully saturated rings. The minimum absolute atomic E-state index is 0.317. The molecule has 0 saturated heterocycles. The van der Waals surface area contributed by atoms with Crippen LogP contribution in [0.25, 0.3) is 11.8 Å². The monoisotopic (exact) mass is 240 g/mol. The Bertz CT molecular complexity index is 638. The first-order valence-electron chi connectivity index (χ1n) is 5.03. The van der Waals surface area contributed by atoms with Crippen LogP contribution in [0.4, 0.5) is 0 Å². The summed E-state index contributed by atoms with van der Waals surface area (Å²) in [6, 6.07) is 10.8. The van der Waals surface area contributed by atoms with Crippen molar-refractivity contribution >= 4 is 12.0 Å². The van der Waals surface area contributed by atoms with Gasteiger partial charge in [0, 0.05) is 0 Å². The molecule has 0 radical (unpaired) electrons. The van der Waals surface area contributed by atoms with Crippen LogP contribution in [-0.4, -0.2) is 26.1 Å². The molecule has 0 aliphatic carbocycles. The summed E-state index contributed by atoms with van der Waals surface area (Å²) in [6.07, 6.45) is 2.57. The van der Waals surface area contributed by atoms with Crippen molar-refractivity contribution in [1.82, 2.24) is 15.0 Å². The molecule has 0 amide bonds. The van der Waals surface area contributed by atoms with Gasteiger partial charge in [-0.05, 0) is 18.2 Å². The molecule has 0 bridgehead atoms. The Hall–Kier alpha value is -2.94. The van der Waals surface area contributed by atoms with E-state index < -0.39 is 5.97 Å². The molecule has 88 valence electrons. The molecule has 1 aromatic heterocycles. The number of hydrogen-bond donors (Lipinski definition) is 1. The standard InChI is InChI=1S/C12H8N4O2/c13-7-9(12(17)18)6-10-8-14-16(15-10)11-4-2-1-3-5-11/h1-6,8H,(H,17,18)/b9-6+. The first-order valence-corrected chi connectivity index (χ1v) is 5.03. The van der Waals surface area contributed by atoms with Crippen molar-refractivity contribution in [3.63, 3.8) is 0 Å². The third kappa shape index (κ3) is 2.41. The van der Waals surface area contributed by atoms with Crippen LogP contribution in [0.15, 0.2) is 42.1 Å². The quantitative estimate of drug-likeness (QED) is 0.644. The largest absolute Gasteiger partial charge is 0.477 e. The summed E-state index contributed by atoms with van der Waals surface area (Å²) in [6.45, 7) is 0. The molecule has 1 heterocycles. The zero-order valence-electron chi connectivity index (χ0n) is 9.19. The average Bonchev–Trinajstić information content (AvgIpc) is 2.85. The summed E-state index contributed by atoms with van der Waals surface area (Å²) < 4.78 is 0. The number of benzene rings is 1. The van der Waals surface area contributed by atoms with Crippen LogP contribution >= 0.6 is 0 Å². The lowest BCUT2D eigenvalue weighted by Crippen LogP contribution is -1.99. The molecule has 18 heavy (non-hydrogen) atoms. The third-order valence-electron chi connectivity index (χ3n) is 2.14. The third-order valence-corrected chi connectivity index (χ3v) is 2.14. The van der Waals surface area contributed by atoms with Crippen LogP contribution in [0.5, 0.6) is 0 Å². The highest BCUT2D eigenvalue weighted by Crippen LogP contribution is 2.07. The second kappa shape index (κ2) is 4.93. The van der Waals surface area contributed by atoms with Crippen molar-refractivity contribution < 1.29 is 9.90 Å². The lowest BCUT2D eigenvalue weighted by Gasteiger charge is -1.96. The predicted octanol–water partition coefficient (Wildman–Crippen LogP) is 1.26. The first-order chi connectivity index (χ1) is 8.70. The van der Waals surface area contributed by atoms with Crippen LogP contribution in [0.3, 0.4) is 0 Å². The van der Waals surface area contributed by atoms with Gasteiger partial charge in [0.15, 0.2) is 0 Å². The fourth-order valence-corrected chi connectivity index (χ4v) is 1.32. The van der Waals surface area contributed by atoms with E-state index in [0.29, 0.717) is 5.69 Å². The van der Waals surface area contributed by atoms with Crippen LogP contribution in [0.1, 0.15) is 5.69 Å². The molecule has 6 heteroatoms. The molecule has 1 N–H and O–H groups in total. The smallest absolute Gasteiger partial charge is 0.346 e. The Balaban J connectivity index is 2.33. The van der Waals surface area contributed by atoms with Crippen molar-refractivity contribution in [1.29, 1.82) is 5.26 Å². The molecule has 2 aromatic rings. The van der Waals surface area contributed by atoms with E-state index in [0.717, 1.165) is 5.69 Å². The molecule has 0 unspecified atom stereocenters. The number of aromatic nitrogens is 3. The van der Waals surface area contributed by atoms with E-state index in [2.05, 4.69) is 10.2 Å². The van der Waals surface area contributed by atoms with Gasteiger partial charge >= 0.3 is 5.97 Å².